The molecule has 2 aromatic carbocycles. The molecule has 2 N–H and O–H groups in total. The monoisotopic (exact) mass is 438 g/mol. The highest BCUT2D eigenvalue weighted by atomic mass is 35.5. The van der Waals surface area contributed by atoms with Crippen LogP contribution in [0, 0.1) is 0 Å². The molecule has 0 spiro atoms. The van der Waals surface area contributed by atoms with Crippen molar-refractivity contribution in [1.29, 1.82) is 0 Å². The maximum atomic E-state index is 6.29. The minimum atomic E-state index is 0.450. The third-order valence-corrected chi connectivity index (χ3v) is 5.62. The number of hydrogen-bond acceptors (Lipinski definition) is 7. The number of nitrogens with one attached hydrogen (secondary N) is 2. The number of ether oxygens (including phenoxy) is 1. The van der Waals surface area contributed by atoms with Crippen LogP contribution in [0.3, 0.4) is 0 Å². The van der Waals surface area contributed by atoms with E-state index in [9.17, 15) is 0 Å². The topological polar surface area (TPSA) is 65.6 Å². The number of piperazine rings is 1. The fourth-order valence-corrected chi connectivity index (χ4v) is 3.66. The molecule has 1 aliphatic heterocycles. The number of likely N-dealkylation sites (N-methyl/N-ethyl adjacent to an activating group) is 1. The molecule has 0 radical (unpaired) electrons. The molecule has 1 fully saturated rings. The van der Waals surface area contributed by atoms with Gasteiger partial charge in [0.25, 0.3) is 0 Å². The van der Waals surface area contributed by atoms with Crippen LogP contribution in [0.25, 0.3) is 0 Å². The Labute approximate surface area is 188 Å². The first-order chi connectivity index (χ1) is 15.1. The van der Waals surface area contributed by atoms with Gasteiger partial charge in [0, 0.05) is 44.5 Å². The largest absolute Gasteiger partial charge is 0.494 e. The Bertz CT molecular complexity index is 1010. The van der Waals surface area contributed by atoms with Gasteiger partial charge in [0.1, 0.15) is 10.8 Å². The molecule has 8 heteroatoms. The molecular formula is C23H27ClN6O. The summed E-state index contributed by atoms with van der Waals surface area (Å²) >= 11 is 6.29. The lowest BCUT2D eigenvalue weighted by molar-refractivity contribution is 0.312. The van der Waals surface area contributed by atoms with Gasteiger partial charge in [0.05, 0.1) is 19.0 Å². The molecule has 0 bridgehead atoms. The first kappa shape index (κ1) is 21.2. The Morgan fingerprint density at radius 1 is 1.06 bits per heavy atom. The predicted molar refractivity (Wildman–Crippen MR) is 127 cm³/mol. The lowest BCUT2D eigenvalue weighted by Crippen LogP contribution is -2.44. The van der Waals surface area contributed by atoms with Crippen LogP contribution in [0.4, 0.5) is 23.1 Å². The van der Waals surface area contributed by atoms with E-state index < -0.39 is 0 Å². The number of nitrogens with zero attached hydrogens (tertiary/aromatic N) is 4. The molecule has 4 rings (SSSR count). The number of anilines is 4. The number of rotatable bonds is 7. The van der Waals surface area contributed by atoms with Crippen molar-refractivity contribution in [3.63, 3.8) is 0 Å². The van der Waals surface area contributed by atoms with E-state index in [1.807, 2.05) is 36.4 Å². The highest BCUT2D eigenvalue weighted by Gasteiger charge is 2.16. The normalized spacial score (nSPS) is 14.4. The van der Waals surface area contributed by atoms with Crippen LogP contribution in [-0.4, -0.2) is 55.2 Å². The molecule has 0 saturated carbocycles. The zero-order valence-electron chi connectivity index (χ0n) is 17.8. The highest BCUT2D eigenvalue weighted by molar-refractivity contribution is 6.32. The van der Waals surface area contributed by atoms with E-state index in [1.54, 1.807) is 13.3 Å². The van der Waals surface area contributed by atoms with Crippen molar-refractivity contribution in [3.8, 4) is 5.75 Å². The van der Waals surface area contributed by atoms with E-state index in [4.69, 9.17) is 16.3 Å². The van der Waals surface area contributed by atoms with E-state index in [-0.39, 0.29) is 0 Å². The van der Waals surface area contributed by atoms with E-state index in [0.717, 1.165) is 48.9 Å². The molecule has 31 heavy (non-hydrogen) atoms. The average Bonchev–Trinajstić information content (AvgIpc) is 2.81. The van der Waals surface area contributed by atoms with Crippen LogP contribution in [0.15, 0.2) is 54.7 Å². The third kappa shape index (κ3) is 5.37. The lowest BCUT2D eigenvalue weighted by Gasteiger charge is -2.34. The number of aromatic nitrogens is 2. The fourth-order valence-electron chi connectivity index (χ4n) is 3.50. The summed E-state index contributed by atoms with van der Waals surface area (Å²) in [6.07, 6.45) is 1.59. The summed E-state index contributed by atoms with van der Waals surface area (Å²) in [4.78, 5) is 13.6. The van der Waals surface area contributed by atoms with Crippen molar-refractivity contribution in [3.05, 3.63) is 65.3 Å². The summed E-state index contributed by atoms with van der Waals surface area (Å²) in [6.45, 7) is 4.74. The molecule has 0 atom stereocenters. The van der Waals surface area contributed by atoms with Gasteiger partial charge < -0.3 is 25.2 Å². The zero-order valence-corrected chi connectivity index (χ0v) is 18.6. The molecule has 0 unspecified atom stereocenters. The highest BCUT2D eigenvalue weighted by Crippen LogP contribution is 2.32. The fraction of sp³-hybridized carbons (Fsp3) is 0.304. The van der Waals surface area contributed by atoms with Gasteiger partial charge in [-0.3, -0.25) is 0 Å². The maximum absolute atomic E-state index is 6.29. The van der Waals surface area contributed by atoms with E-state index in [2.05, 4.69) is 49.6 Å². The van der Waals surface area contributed by atoms with Gasteiger partial charge in [-0.25, -0.2) is 4.98 Å². The molecule has 0 amide bonds. The summed E-state index contributed by atoms with van der Waals surface area (Å²) in [5.74, 6) is 1.77. The molecule has 1 saturated heterocycles. The minimum absolute atomic E-state index is 0.450. The van der Waals surface area contributed by atoms with Crippen LogP contribution in [0.2, 0.25) is 5.02 Å². The molecule has 7 nitrogen and oxygen atoms in total. The average molecular weight is 439 g/mol. The van der Waals surface area contributed by atoms with Crippen LogP contribution < -0.4 is 20.3 Å². The molecule has 1 aromatic heterocycles. The SMILES string of the molecule is COc1cc(N2CCN(C)CC2)ccc1Nc1ncc(Cl)c(NCc2ccccc2)n1. The standard InChI is InChI=1S/C23H27ClN6O/c1-29-10-12-30(13-11-29)18-8-9-20(21(14-18)31-2)27-23-26-16-19(24)22(28-23)25-15-17-6-4-3-5-7-17/h3-9,14,16H,10-13,15H2,1-2H3,(H2,25,26,27,28). The minimum Gasteiger partial charge on any atom is -0.494 e. The van der Waals surface area contributed by atoms with Gasteiger partial charge in [0.2, 0.25) is 5.95 Å². The van der Waals surface area contributed by atoms with Crippen LogP contribution in [0.1, 0.15) is 5.56 Å². The van der Waals surface area contributed by atoms with E-state index in [0.29, 0.717) is 23.3 Å². The Morgan fingerprint density at radius 3 is 2.58 bits per heavy atom. The van der Waals surface area contributed by atoms with Gasteiger partial charge in [0.15, 0.2) is 5.82 Å². The Hall–Kier alpha value is -3.03. The van der Waals surface area contributed by atoms with E-state index in [1.165, 1.54) is 0 Å². The first-order valence-electron chi connectivity index (χ1n) is 10.3. The number of benzene rings is 2. The molecule has 3 aromatic rings. The van der Waals surface area contributed by atoms with E-state index >= 15 is 0 Å². The van der Waals surface area contributed by atoms with Gasteiger partial charge in [-0.2, -0.15) is 4.98 Å². The number of halogens is 1. The van der Waals surface area contributed by atoms with Crippen molar-refractivity contribution in [2.24, 2.45) is 0 Å². The molecule has 162 valence electrons. The van der Waals surface area contributed by atoms with Crippen LogP contribution in [-0.2, 0) is 6.54 Å². The summed E-state index contributed by atoms with van der Waals surface area (Å²) in [7, 11) is 3.82. The first-order valence-corrected chi connectivity index (χ1v) is 10.7. The number of hydrogen-bond donors (Lipinski definition) is 2. The maximum Gasteiger partial charge on any atom is 0.229 e. The second-order valence-corrected chi connectivity index (χ2v) is 7.94. The predicted octanol–water partition coefficient (Wildman–Crippen LogP) is 4.25. The van der Waals surface area contributed by atoms with Crippen molar-refractivity contribution in [2.75, 3.05) is 55.9 Å². The van der Waals surface area contributed by atoms with Crippen LogP contribution in [0.5, 0.6) is 5.75 Å². The zero-order chi connectivity index (χ0) is 21.6. The second-order valence-electron chi connectivity index (χ2n) is 7.53. The van der Waals surface area contributed by atoms with Gasteiger partial charge in [-0.1, -0.05) is 41.9 Å². The summed E-state index contributed by atoms with van der Waals surface area (Å²) in [6, 6.07) is 16.3. The van der Waals surface area contributed by atoms with Gasteiger partial charge in [-0.05, 0) is 24.7 Å². The van der Waals surface area contributed by atoms with Crippen molar-refractivity contribution in [1.82, 2.24) is 14.9 Å². The second kappa shape index (κ2) is 9.85. The molecular weight excluding hydrogens is 412 g/mol. The molecule has 2 heterocycles. The summed E-state index contributed by atoms with van der Waals surface area (Å²) < 4.78 is 5.63. The van der Waals surface area contributed by atoms with Crippen LogP contribution >= 0.6 is 11.6 Å². The summed E-state index contributed by atoms with van der Waals surface area (Å²) in [5, 5.41) is 7.00. The Balaban J connectivity index is 1.48. The van der Waals surface area contributed by atoms with Gasteiger partial charge >= 0.3 is 0 Å². The lowest BCUT2D eigenvalue weighted by atomic mass is 10.2. The summed E-state index contributed by atoms with van der Waals surface area (Å²) in [5.41, 5.74) is 3.10. The Morgan fingerprint density at radius 2 is 1.84 bits per heavy atom. The van der Waals surface area contributed by atoms with Crippen molar-refractivity contribution in [2.45, 2.75) is 6.54 Å². The van der Waals surface area contributed by atoms with Gasteiger partial charge in [-0.15, -0.1) is 0 Å². The van der Waals surface area contributed by atoms with Crippen molar-refractivity contribution < 1.29 is 4.74 Å². The van der Waals surface area contributed by atoms with Crippen molar-refractivity contribution >= 4 is 34.7 Å². The quantitative estimate of drug-likeness (QED) is 0.571. The molecule has 1 aliphatic rings. The third-order valence-electron chi connectivity index (χ3n) is 5.35. The Kier molecular flexibility index (Phi) is 6.74. The molecule has 0 aliphatic carbocycles. The number of methoxy groups -OCH3 is 1. The smallest absolute Gasteiger partial charge is 0.229 e.